The maximum Gasteiger partial charge on any atom is 0.303 e. The van der Waals surface area contributed by atoms with Crippen molar-refractivity contribution in [3.05, 3.63) is 71.4 Å². The van der Waals surface area contributed by atoms with Gasteiger partial charge in [0.25, 0.3) is 0 Å². The molecule has 0 aliphatic carbocycles. The number of hydrogen-bond donors (Lipinski definition) is 0. The first-order valence-corrected chi connectivity index (χ1v) is 10.4. The number of imidazole rings is 1. The fourth-order valence-corrected chi connectivity index (χ4v) is 4.31. The monoisotopic (exact) mass is 431 g/mol. The van der Waals surface area contributed by atoms with Crippen LogP contribution in [0, 0.1) is 11.6 Å². The number of pyridine rings is 1. The summed E-state index contributed by atoms with van der Waals surface area (Å²) in [5.74, 6) is -1.07. The first kappa shape index (κ1) is 22.0. The molecule has 2 heterocycles. The Balaban J connectivity index is 2.13. The van der Waals surface area contributed by atoms with E-state index in [1.165, 1.54) is 30.8 Å². The van der Waals surface area contributed by atoms with Crippen LogP contribution in [0.25, 0.3) is 0 Å². The van der Waals surface area contributed by atoms with E-state index in [2.05, 4.69) is 4.98 Å². The molecule has 3 rings (SSSR count). The van der Waals surface area contributed by atoms with E-state index < -0.39 is 23.7 Å². The van der Waals surface area contributed by atoms with Gasteiger partial charge in [-0.25, -0.2) is 13.8 Å². The van der Waals surface area contributed by atoms with E-state index in [-0.39, 0.29) is 5.92 Å². The summed E-state index contributed by atoms with van der Waals surface area (Å²) in [5.41, 5.74) is 1.74. The van der Waals surface area contributed by atoms with E-state index in [9.17, 15) is 13.6 Å². The lowest BCUT2D eigenvalue weighted by molar-refractivity contribution is -0.146. The number of aromatic nitrogens is 3. The molecule has 0 fully saturated rings. The van der Waals surface area contributed by atoms with Gasteiger partial charge in [-0.3, -0.25) is 9.78 Å². The Morgan fingerprint density at radius 2 is 1.77 bits per heavy atom. The highest BCUT2D eigenvalue weighted by molar-refractivity contribution is 7.99. The molecule has 2 aromatic heterocycles. The zero-order chi connectivity index (χ0) is 21.8. The standard InChI is InChI=1S/C22H23F2N3O2S/c1-13(2)20-22(30-19-10-17(23)9-18(24)11-19)27(12-16-5-7-25-8-6-16)21(26-20)14(3)29-15(4)28/h5-11,13-14H,12H2,1-4H3. The third-order valence-electron chi connectivity index (χ3n) is 4.37. The summed E-state index contributed by atoms with van der Waals surface area (Å²) in [4.78, 5) is 20.8. The number of esters is 1. The molecule has 30 heavy (non-hydrogen) atoms. The molecule has 0 aliphatic rings. The van der Waals surface area contributed by atoms with E-state index in [0.29, 0.717) is 17.3 Å². The zero-order valence-electron chi connectivity index (χ0n) is 17.2. The summed E-state index contributed by atoms with van der Waals surface area (Å²) in [7, 11) is 0. The van der Waals surface area contributed by atoms with Crippen molar-refractivity contribution in [2.45, 2.75) is 56.2 Å². The molecular weight excluding hydrogens is 408 g/mol. The summed E-state index contributed by atoms with van der Waals surface area (Å²) in [6, 6.07) is 7.18. The van der Waals surface area contributed by atoms with Crippen molar-refractivity contribution in [2.24, 2.45) is 0 Å². The maximum atomic E-state index is 13.8. The first-order chi connectivity index (χ1) is 14.2. The highest BCUT2D eigenvalue weighted by atomic mass is 32.2. The Kier molecular flexibility index (Phi) is 6.87. The van der Waals surface area contributed by atoms with Gasteiger partial charge in [0, 0.05) is 30.3 Å². The second-order valence-electron chi connectivity index (χ2n) is 7.22. The van der Waals surface area contributed by atoms with Gasteiger partial charge in [-0.2, -0.15) is 0 Å². The highest BCUT2D eigenvalue weighted by Gasteiger charge is 2.25. The molecule has 0 saturated heterocycles. The number of halogens is 2. The maximum absolute atomic E-state index is 13.8. The minimum atomic E-state index is -0.641. The molecule has 0 bridgehead atoms. The van der Waals surface area contributed by atoms with Crippen LogP contribution in [0.5, 0.6) is 0 Å². The Hall–Kier alpha value is -2.74. The van der Waals surface area contributed by atoms with Crippen molar-refractivity contribution >= 4 is 17.7 Å². The van der Waals surface area contributed by atoms with Crippen LogP contribution in [0.15, 0.2) is 52.6 Å². The van der Waals surface area contributed by atoms with Crippen molar-refractivity contribution in [2.75, 3.05) is 0 Å². The van der Waals surface area contributed by atoms with E-state index in [1.807, 2.05) is 30.5 Å². The molecule has 0 spiro atoms. The molecule has 158 valence electrons. The van der Waals surface area contributed by atoms with Crippen LogP contribution in [0.2, 0.25) is 0 Å². The van der Waals surface area contributed by atoms with Gasteiger partial charge in [-0.1, -0.05) is 25.6 Å². The summed E-state index contributed by atoms with van der Waals surface area (Å²) >= 11 is 1.24. The van der Waals surface area contributed by atoms with Gasteiger partial charge in [0.1, 0.15) is 16.7 Å². The minimum absolute atomic E-state index is 0.0490. The van der Waals surface area contributed by atoms with Gasteiger partial charge in [0.2, 0.25) is 0 Å². The SMILES string of the molecule is CC(=O)OC(C)c1nc(C(C)C)c(Sc2cc(F)cc(F)c2)n1Cc1ccncc1. The van der Waals surface area contributed by atoms with Gasteiger partial charge in [0.15, 0.2) is 11.9 Å². The fraction of sp³-hybridized carbons (Fsp3) is 0.318. The van der Waals surface area contributed by atoms with Crippen molar-refractivity contribution in [1.29, 1.82) is 0 Å². The predicted molar refractivity (Wildman–Crippen MR) is 110 cm³/mol. The van der Waals surface area contributed by atoms with E-state index >= 15 is 0 Å². The fourth-order valence-electron chi connectivity index (χ4n) is 3.09. The van der Waals surface area contributed by atoms with Crippen LogP contribution >= 0.6 is 11.8 Å². The lowest BCUT2D eigenvalue weighted by atomic mass is 10.1. The Bertz CT molecular complexity index is 1020. The molecular formula is C22H23F2N3O2S. The number of nitrogens with zero attached hydrogens (tertiary/aromatic N) is 3. The molecule has 1 aromatic carbocycles. The third kappa shape index (κ3) is 5.24. The van der Waals surface area contributed by atoms with E-state index in [1.54, 1.807) is 19.3 Å². The Morgan fingerprint density at radius 3 is 2.33 bits per heavy atom. The van der Waals surface area contributed by atoms with Crippen molar-refractivity contribution in [1.82, 2.24) is 14.5 Å². The van der Waals surface area contributed by atoms with Gasteiger partial charge in [-0.15, -0.1) is 0 Å². The van der Waals surface area contributed by atoms with Crippen molar-refractivity contribution in [3.8, 4) is 0 Å². The predicted octanol–water partition coefficient (Wildman–Crippen LogP) is 5.50. The number of ether oxygens (including phenoxy) is 1. The average Bonchev–Trinajstić information content (AvgIpc) is 3.00. The highest BCUT2D eigenvalue weighted by Crippen LogP contribution is 2.37. The molecule has 0 saturated carbocycles. The quantitative estimate of drug-likeness (QED) is 0.462. The molecule has 1 atom stereocenters. The van der Waals surface area contributed by atoms with Gasteiger partial charge in [-0.05, 0) is 42.7 Å². The molecule has 5 nitrogen and oxygen atoms in total. The largest absolute Gasteiger partial charge is 0.455 e. The summed E-state index contributed by atoms with van der Waals surface area (Å²) in [6.45, 7) is 7.54. The molecule has 0 aliphatic heterocycles. The first-order valence-electron chi connectivity index (χ1n) is 9.55. The third-order valence-corrected chi connectivity index (χ3v) is 5.46. The summed E-state index contributed by atoms with van der Waals surface area (Å²) in [5, 5.41) is 0.751. The van der Waals surface area contributed by atoms with Crippen molar-refractivity contribution < 1.29 is 18.3 Å². The topological polar surface area (TPSA) is 57.0 Å². The van der Waals surface area contributed by atoms with Crippen molar-refractivity contribution in [3.63, 3.8) is 0 Å². The van der Waals surface area contributed by atoms with Gasteiger partial charge >= 0.3 is 5.97 Å². The number of carbonyl (C=O) groups excluding carboxylic acids is 1. The van der Waals surface area contributed by atoms with Gasteiger partial charge < -0.3 is 9.30 Å². The number of rotatable bonds is 7. The average molecular weight is 432 g/mol. The number of benzene rings is 1. The lowest BCUT2D eigenvalue weighted by Gasteiger charge is -2.17. The molecule has 3 aromatic rings. The zero-order valence-corrected chi connectivity index (χ0v) is 18.0. The molecule has 0 N–H and O–H groups in total. The summed E-state index contributed by atoms with van der Waals surface area (Å²) in [6.07, 6.45) is 2.81. The second-order valence-corrected chi connectivity index (χ2v) is 8.28. The lowest BCUT2D eigenvalue weighted by Crippen LogP contribution is -2.13. The Morgan fingerprint density at radius 1 is 1.13 bits per heavy atom. The summed E-state index contributed by atoms with van der Waals surface area (Å²) < 4.78 is 34.9. The van der Waals surface area contributed by atoms with Crippen LogP contribution in [-0.2, 0) is 16.1 Å². The van der Waals surface area contributed by atoms with Crippen LogP contribution < -0.4 is 0 Å². The van der Waals surface area contributed by atoms with Crippen LogP contribution in [0.3, 0.4) is 0 Å². The Labute approximate surface area is 178 Å². The second kappa shape index (κ2) is 9.38. The van der Waals surface area contributed by atoms with Crippen LogP contribution in [-0.4, -0.2) is 20.5 Å². The van der Waals surface area contributed by atoms with Crippen LogP contribution in [0.1, 0.15) is 56.8 Å². The number of carbonyl (C=O) groups is 1. The molecule has 0 amide bonds. The minimum Gasteiger partial charge on any atom is -0.455 e. The molecule has 8 heteroatoms. The van der Waals surface area contributed by atoms with E-state index in [0.717, 1.165) is 22.3 Å². The molecule has 1 unspecified atom stereocenters. The van der Waals surface area contributed by atoms with Crippen LogP contribution in [0.4, 0.5) is 8.78 Å². The van der Waals surface area contributed by atoms with E-state index in [4.69, 9.17) is 9.72 Å². The number of hydrogen-bond acceptors (Lipinski definition) is 5. The normalized spacial score (nSPS) is 12.2. The smallest absolute Gasteiger partial charge is 0.303 e. The molecule has 0 radical (unpaired) electrons. The van der Waals surface area contributed by atoms with Gasteiger partial charge in [0.05, 0.1) is 12.2 Å².